The van der Waals surface area contributed by atoms with Crippen LogP contribution in [0.1, 0.15) is 48.9 Å². The van der Waals surface area contributed by atoms with Gasteiger partial charge < -0.3 is 26.2 Å². The molecule has 5 unspecified atom stereocenters. The largest absolute Gasteiger partial charge is 0.465 e. The molecule has 5 fully saturated rings. The maximum atomic E-state index is 12.0. The summed E-state index contributed by atoms with van der Waals surface area (Å²) in [6.07, 6.45) is 7.20. The van der Waals surface area contributed by atoms with Crippen LogP contribution < -0.4 is 11.1 Å². The Kier molecular flexibility index (Phi) is 4.20. The van der Waals surface area contributed by atoms with Crippen LogP contribution in [0.25, 0.3) is 0 Å². The second kappa shape index (κ2) is 6.55. The van der Waals surface area contributed by atoms with E-state index in [1.807, 2.05) is 0 Å². The minimum absolute atomic E-state index is 0.0947. The van der Waals surface area contributed by atoms with Gasteiger partial charge in [-0.1, -0.05) is 0 Å². The Hall–Kier alpha value is -2.42. The number of aliphatic hydroxyl groups is 1. The van der Waals surface area contributed by atoms with E-state index in [9.17, 15) is 19.8 Å². The van der Waals surface area contributed by atoms with Gasteiger partial charge >= 0.3 is 6.09 Å². The molecule has 1 aromatic rings. The van der Waals surface area contributed by atoms with Crippen molar-refractivity contribution in [2.24, 2.45) is 29.4 Å². The Labute approximate surface area is 168 Å². The van der Waals surface area contributed by atoms with Gasteiger partial charge in [0.25, 0.3) is 5.91 Å². The first-order valence-electron chi connectivity index (χ1n) is 10.4. The molecule has 1 saturated heterocycles. The highest BCUT2D eigenvalue weighted by Gasteiger charge is 2.59. The van der Waals surface area contributed by atoms with E-state index in [0.29, 0.717) is 36.7 Å². The van der Waals surface area contributed by atoms with Crippen LogP contribution in [0.3, 0.4) is 0 Å². The number of carboxylic acid groups (broad SMARTS) is 1. The first-order chi connectivity index (χ1) is 13.8. The molecule has 9 heteroatoms. The molecule has 7 atom stereocenters. The molecular weight excluding hydrogens is 374 g/mol. The van der Waals surface area contributed by atoms with Crippen molar-refractivity contribution in [1.82, 2.24) is 14.9 Å². The SMILES string of the molecule is NC(=O)c1cnc(NC2CCN(C(=O)O)[C@@H]2C2C3CC4C[C@H]2CC(O)(C4)C3)nc1. The summed E-state index contributed by atoms with van der Waals surface area (Å²) in [4.78, 5) is 33.2. The highest BCUT2D eigenvalue weighted by molar-refractivity contribution is 5.92. The fraction of sp³-hybridized carbons (Fsp3) is 0.700. The minimum atomic E-state index is -0.892. The van der Waals surface area contributed by atoms with E-state index in [4.69, 9.17) is 5.73 Å². The number of nitrogens with one attached hydrogen (secondary N) is 1. The number of nitrogens with two attached hydrogens (primary N) is 1. The molecule has 1 aromatic heterocycles. The number of nitrogens with zero attached hydrogens (tertiary/aromatic N) is 3. The predicted octanol–water partition coefficient (Wildman–Crippen LogP) is 1.30. The normalized spacial score (nSPS) is 40.2. The van der Waals surface area contributed by atoms with Crippen molar-refractivity contribution >= 4 is 17.9 Å². The number of carbonyl (C=O) groups excluding carboxylic acids is 1. The lowest BCUT2D eigenvalue weighted by Gasteiger charge is -2.60. The first kappa shape index (κ1) is 18.6. The molecule has 0 spiro atoms. The molecule has 1 aliphatic heterocycles. The van der Waals surface area contributed by atoms with Crippen LogP contribution >= 0.6 is 0 Å². The number of likely N-dealkylation sites (tertiary alicyclic amines) is 1. The van der Waals surface area contributed by atoms with Gasteiger partial charge in [0.15, 0.2) is 0 Å². The fourth-order valence-corrected chi connectivity index (χ4v) is 6.95. The third kappa shape index (κ3) is 3.11. The van der Waals surface area contributed by atoms with E-state index in [0.717, 1.165) is 32.1 Å². The van der Waals surface area contributed by atoms with Crippen LogP contribution in [0, 0.1) is 23.7 Å². The Balaban J connectivity index is 1.40. The number of aromatic nitrogens is 2. The number of primary amides is 1. The lowest BCUT2D eigenvalue weighted by atomic mass is 9.48. The molecule has 2 heterocycles. The molecule has 4 bridgehead atoms. The molecule has 0 aromatic carbocycles. The molecule has 4 saturated carbocycles. The summed E-state index contributed by atoms with van der Waals surface area (Å²) in [6, 6.07) is -0.256. The van der Waals surface area contributed by atoms with Crippen LogP contribution in [0.4, 0.5) is 10.7 Å². The summed E-state index contributed by atoms with van der Waals surface area (Å²) in [7, 11) is 0. The van der Waals surface area contributed by atoms with Crippen LogP contribution in [0.15, 0.2) is 12.4 Å². The second-order valence-corrected chi connectivity index (χ2v) is 9.44. The summed E-state index contributed by atoms with van der Waals surface area (Å²) in [6.45, 7) is 0.473. The number of amides is 2. The lowest BCUT2D eigenvalue weighted by Crippen LogP contribution is -2.61. The van der Waals surface area contributed by atoms with Crippen molar-refractivity contribution in [2.45, 2.75) is 56.2 Å². The Morgan fingerprint density at radius 2 is 1.83 bits per heavy atom. The molecule has 2 amide bonds. The molecule has 29 heavy (non-hydrogen) atoms. The fourth-order valence-electron chi connectivity index (χ4n) is 6.95. The number of anilines is 1. The van der Waals surface area contributed by atoms with E-state index >= 15 is 0 Å². The zero-order valence-electron chi connectivity index (χ0n) is 16.2. The third-order valence-corrected chi connectivity index (χ3v) is 7.66. The van der Waals surface area contributed by atoms with Crippen LogP contribution in [0.2, 0.25) is 0 Å². The summed E-state index contributed by atoms with van der Waals surface area (Å²) in [5.74, 6) is 1.33. The monoisotopic (exact) mass is 401 g/mol. The molecule has 9 nitrogen and oxygen atoms in total. The van der Waals surface area contributed by atoms with Crippen molar-refractivity contribution < 1.29 is 19.8 Å². The smallest absolute Gasteiger partial charge is 0.407 e. The lowest BCUT2D eigenvalue weighted by molar-refractivity contribution is -0.162. The van der Waals surface area contributed by atoms with Crippen molar-refractivity contribution in [2.75, 3.05) is 11.9 Å². The van der Waals surface area contributed by atoms with Crippen LogP contribution in [-0.2, 0) is 0 Å². The van der Waals surface area contributed by atoms with E-state index in [-0.39, 0.29) is 23.6 Å². The van der Waals surface area contributed by atoms with Crippen LogP contribution in [-0.4, -0.2) is 61.3 Å². The van der Waals surface area contributed by atoms with Gasteiger partial charge in [0.05, 0.1) is 23.2 Å². The minimum Gasteiger partial charge on any atom is -0.465 e. The molecular formula is C20H27N5O4. The number of rotatable bonds is 4. The molecule has 6 rings (SSSR count). The van der Waals surface area contributed by atoms with E-state index in [2.05, 4.69) is 15.3 Å². The number of hydrogen-bond donors (Lipinski definition) is 4. The molecule has 5 aliphatic rings. The zero-order chi connectivity index (χ0) is 20.3. The highest BCUT2D eigenvalue weighted by Crippen LogP contribution is 2.60. The summed E-state index contributed by atoms with van der Waals surface area (Å²) < 4.78 is 0. The molecule has 156 valence electrons. The second-order valence-electron chi connectivity index (χ2n) is 9.44. The first-order valence-corrected chi connectivity index (χ1v) is 10.4. The van der Waals surface area contributed by atoms with Crippen molar-refractivity contribution in [3.8, 4) is 0 Å². The van der Waals surface area contributed by atoms with Gasteiger partial charge in [0, 0.05) is 18.9 Å². The summed E-state index contributed by atoms with van der Waals surface area (Å²) in [5, 5.41) is 24.1. The predicted molar refractivity (Wildman–Crippen MR) is 103 cm³/mol. The maximum Gasteiger partial charge on any atom is 0.407 e. The average molecular weight is 401 g/mol. The van der Waals surface area contributed by atoms with E-state index < -0.39 is 17.6 Å². The third-order valence-electron chi connectivity index (χ3n) is 7.66. The standard InChI is InChI=1S/C20H27N5O4/c21-17(26)13-8-22-18(23-9-13)24-14-1-2-25(19(27)28)16(14)15-11-3-10-4-12(15)7-20(29,5-10)6-11/h8-12,14-16,29H,1-7H2,(H2,21,26)(H,27,28)(H,22,23,24)/t10?,11-,12?,14?,15?,16-,20?/m0/s1. The van der Waals surface area contributed by atoms with Gasteiger partial charge in [-0.25, -0.2) is 14.8 Å². The highest BCUT2D eigenvalue weighted by atomic mass is 16.4. The molecule has 0 radical (unpaired) electrons. The van der Waals surface area contributed by atoms with Crippen LogP contribution in [0.5, 0.6) is 0 Å². The molecule has 5 N–H and O–H groups in total. The maximum absolute atomic E-state index is 12.0. The Morgan fingerprint density at radius 1 is 1.17 bits per heavy atom. The van der Waals surface area contributed by atoms with E-state index in [1.54, 1.807) is 4.90 Å². The zero-order valence-corrected chi connectivity index (χ0v) is 16.2. The van der Waals surface area contributed by atoms with E-state index in [1.165, 1.54) is 12.4 Å². The van der Waals surface area contributed by atoms with Crippen molar-refractivity contribution in [1.29, 1.82) is 0 Å². The summed E-state index contributed by atoms with van der Waals surface area (Å²) in [5.41, 5.74) is 4.94. The van der Waals surface area contributed by atoms with Gasteiger partial charge in [-0.05, 0) is 62.2 Å². The topological polar surface area (TPSA) is 142 Å². The van der Waals surface area contributed by atoms with Gasteiger partial charge in [0.1, 0.15) is 0 Å². The molecule has 4 aliphatic carbocycles. The van der Waals surface area contributed by atoms with Crippen molar-refractivity contribution in [3.63, 3.8) is 0 Å². The van der Waals surface area contributed by atoms with Gasteiger partial charge in [-0.3, -0.25) is 4.79 Å². The Bertz CT molecular complexity index is 815. The Morgan fingerprint density at radius 3 is 2.38 bits per heavy atom. The van der Waals surface area contributed by atoms with Crippen molar-refractivity contribution in [3.05, 3.63) is 18.0 Å². The van der Waals surface area contributed by atoms with Gasteiger partial charge in [0.2, 0.25) is 5.95 Å². The van der Waals surface area contributed by atoms with Gasteiger partial charge in [-0.2, -0.15) is 0 Å². The average Bonchev–Trinajstić information content (AvgIpc) is 3.04. The quantitative estimate of drug-likeness (QED) is 0.595. The summed E-state index contributed by atoms with van der Waals surface area (Å²) >= 11 is 0. The number of hydrogen-bond acceptors (Lipinski definition) is 6. The number of carbonyl (C=O) groups is 2. The van der Waals surface area contributed by atoms with Gasteiger partial charge in [-0.15, -0.1) is 0 Å².